The zero-order valence-electron chi connectivity index (χ0n) is 13.1. The summed E-state index contributed by atoms with van der Waals surface area (Å²) >= 11 is 3.80. The molecule has 1 N–H and O–H groups in total. The maximum Gasteiger partial charge on any atom is 0.124 e. The first-order valence-electron chi connectivity index (χ1n) is 7.52. The Balaban J connectivity index is 1.71. The van der Waals surface area contributed by atoms with Crippen LogP contribution in [0.3, 0.4) is 0 Å². The number of fused-ring (bicyclic) bond motifs is 1. The van der Waals surface area contributed by atoms with Crippen LogP contribution in [0.2, 0.25) is 0 Å². The van der Waals surface area contributed by atoms with Gasteiger partial charge in [0.05, 0.1) is 32.6 Å². The van der Waals surface area contributed by atoms with Crippen molar-refractivity contribution in [2.45, 2.75) is 6.42 Å². The van der Waals surface area contributed by atoms with Crippen LogP contribution < -0.4 is 10.1 Å². The van der Waals surface area contributed by atoms with E-state index < -0.39 is 0 Å². The molecule has 0 atom stereocenters. The number of nitrogens with one attached hydrogen (secondary N) is 1. The van der Waals surface area contributed by atoms with Gasteiger partial charge in [-0.25, -0.2) is 4.98 Å². The molecule has 2 aromatic carbocycles. The summed E-state index contributed by atoms with van der Waals surface area (Å²) in [6, 6.07) is 14.4. The van der Waals surface area contributed by atoms with Gasteiger partial charge in [-0.2, -0.15) is 0 Å². The number of nitrogens with zero attached hydrogens (tertiary/aromatic N) is 1. The standard InChI is InChI=1S/C17H17IN2O2S2/c1-19-13-5-3-12(4-6-13)17-20-15-8-7-14(11-16(15)23-17)21-9-2-10-22-24-18/h3-8,11,19H,2,9-10H2,1H3. The number of ether oxygens (including phenoxy) is 1. The molecule has 0 amide bonds. The SMILES string of the molecule is CNc1ccc(-c2nc3ccc(OCCCOSI)cc3s2)cc1. The maximum atomic E-state index is 5.78. The van der Waals surface area contributed by atoms with Gasteiger partial charge in [0.1, 0.15) is 10.8 Å². The molecule has 0 radical (unpaired) electrons. The minimum Gasteiger partial charge on any atom is -0.493 e. The minimum absolute atomic E-state index is 0.653. The van der Waals surface area contributed by atoms with Gasteiger partial charge in [-0.15, -0.1) is 11.3 Å². The molecule has 1 aromatic heterocycles. The van der Waals surface area contributed by atoms with Gasteiger partial charge >= 0.3 is 0 Å². The van der Waals surface area contributed by atoms with Crippen molar-refractivity contribution in [3.05, 3.63) is 42.5 Å². The number of hydrogen-bond acceptors (Lipinski definition) is 6. The molecule has 1 heterocycles. The highest BCUT2D eigenvalue weighted by Gasteiger charge is 2.07. The Morgan fingerprint density at radius 3 is 2.75 bits per heavy atom. The molecule has 0 aliphatic carbocycles. The van der Waals surface area contributed by atoms with E-state index in [9.17, 15) is 0 Å². The lowest BCUT2D eigenvalue weighted by molar-refractivity contribution is 0.269. The monoisotopic (exact) mass is 472 g/mol. The van der Waals surface area contributed by atoms with E-state index in [1.165, 1.54) is 9.21 Å². The van der Waals surface area contributed by atoms with Crippen LogP contribution in [-0.2, 0) is 4.18 Å². The Kier molecular flexibility index (Phi) is 6.59. The summed E-state index contributed by atoms with van der Waals surface area (Å²) in [5.41, 5.74) is 3.23. The summed E-state index contributed by atoms with van der Waals surface area (Å²) in [6.07, 6.45) is 0.875. The maximum absolute atomic E-state index is 5.78. The van der Waals surface area contributed by atoms with E-state index in [1.807, 2.05) is 19.2 Å². The molecule has 0 saturated heterocycles. The van der Waals surface area contributed by atoms with E-state index in [2.05, 4.69) is 56.9 Å². The average molecular weight is 472 g/mol. The van der Waals surface area contributed by atoms with E-state index in [4.69, 9.17) is 13.9 Å². The van der Waals surface area contributed by atoms with Crippen LogP contribution in [0, 0.1) is 0 Å². The fourth-order valence-electron chi connectivity index (χ4n) is 2.24. The van der Waals surface area contributed by atoms with Crippen molar-refractivity contribution in [2.75, 3.05) is 25.6 Å². The Bertz CT molecular complexity index is 793. The highest BCUT2D eigenvalue weighted by Crippen LogP contribution is 2.32. The molecule has 4 nitrogen and oxygen atoms in total. The fraction of sp³-hybridized carbons (Fsp3) is 0.235. The lowest BCUT2D eigenvalue weighted by atomic mass is 10.2. The Hall–Kier alpha value is -1.03. The minimum atomic E-state index is 0.653. The summed E-state index contributed by atoms with van der Waals surface area (Å²) in [5.74, 6) is 0.880. The molecular weight excluding hydrogens is 455 g/mol. The molecule has 0 aliphatic heterocycles. The Morgan fingerprint density at radius 2 is 2.00 bits per heavy atom. The summed E-state index contributed by atoms with van der Waals surface area (Å²) in [4.78, 5) is 4.72. The van der Waals surface area contributed by atoms with Crippen molar-refractivity contribution in [3.8, 4) is 16.3 Å². The number of aromatic nitrogens is 1. The largest absolute Gasteiger partial charge is 0.493 e. The predicted octanol–water partition coefficient (Wildman–Crippen LogP) is 5.79. The van der Waals surface area contributed by atoms with Crippen LogP contribution in [0.5, 0.6) is 5.75 Å². The number of benzene rings is 2. The molecule has 126 valence electrons. The smallest absolute Gasteiger partial charge is 0.124 e. The summed E-state index contributed by atoms with van der Waals surface area (Å²) in [7, 11) is 3.27. The zero-order valence-corrected chi connectivity index (χ0v) is 16.9. The molecule has 3 rings (SSSR count). The Morgan fingerprint density at radius 1 is 1.17 bits per heavy atom. The van der Waals surface area contributed by atoms with Crippen LogP contribution in [0.15, 0.2) is 42.5 Å². The highest BCUT2D eigenvalue weighted by atomic mass is 127. The number of thiazole rings is 1. The van der Waals surface area contributed by atoms with Gasteiger partial charge < -0.3 is 14.2 Å². The van der Waals surface area contributed by atoms with Gasteiger partial charge in [0, 0.05) is 45.9 Å². The molecule has 0 aliphatic rings. The molecular formula is C17H17IN2O2S2. The van der Waals surface area contributed by atoms with E-state index in [0.29, 0.717) is 13.2 Å². The lowest BCUT2D eigenvalue weighted by Gasteiger charge is -2.05. The number of rotatable bonds is 8. The van der Waals surface area contributed by atoms with Gasteiger partial charge in [-0.1, -0.05) is 0 Å². The number of halogens is 1. The van der Waals surface area contributed by atoms with Crippen molar-refractivity contribution in [1.29, 1.82) is 0 Å². The molecule has 0 unspecified atom stereocenters. The molecule has 3 aromatic rings. The van der Waals surface area contributed by atoms with Crippen molar-refractivity contribution in [3.63, 3.8) is 0 Å². The number of anilines is 1. The van der Waals surface area contributed by atoms with Crippen molar-refractivity contribution >= 4 is 57.7 Å². The van der Waals surface area contributed by atoms with Gasteiger partial charge in [-0.3, -0.25) is 0 Å². The second-order valence-electron chi connectivity index (χ2n) is 5.06. The van der Waals surface area contributed by atoms with E-state index in [1.54, 1.807) is 11.3 Å². The van der Waals surface area contributed by atoms with Crippen LogP contribution >= 0.6 is 41.8 Å². The second kappa shape index (κ2) is 8.89. The highest BCUT2D eigenvalue weighted by molar-refractivity contribution is 14.2. The first kappa shape index (κ1) is 17.8. The third kappa shape index (κ3) is 4.53. The molecule has 7 heteroatoms. The van der Waals surface area contributed by atoms with Crippen LogP contribution in [0.4, 0.5) is 5.69 Å². The first-order valence-corrected chi connectivity index (χ1v) is 11.6. The van der Waals surface area contributed by atoms with Crippen LogP contribution in [0.25, 0.3) is 20.8 Å². The zero-order chi connectivity index (χ0) is 16.8. The number of hydrogen-bond donors (Lipinski definition) is 1. The molecule has 0 saturated carbocycles. The quantitative estimate of drug-likeness (QED) is 0.256. The summed E-state index contributed by atoms with van der Waals surface area (Å²) in [5, 5.41) is 4.15. The van der Waals surface area contributed by atoms with E-state index >= 15 is 0 Å². The lowest BCUT2D eigenvalue weighted by Crippen LogP contribution is -2.00. The first-order chi connectivity index (χ1) is 11.8. The topological polar surface area (TPSA) is 43.4 Å². The molecule has 0 spiro atoms. The van der Waals surface area contributed by atoms with Gasteiger partial charge in [0.2, 0.25) is 0 Å². The van der Waals surface area contributed by atoms with Crippen molar-refractivity contribution in [1.82, 2.24) is 4.98 Å². The summed E-state index contributed by atoms with van der Waals surface area (Å²) < 4.78 is 12.1. The van der Waals surface area contributed by atoms with Crippen LogP contribution in [-0.4, -0.2) is 25.2 Å². The third-order valence-electron chi connectivity index (χ3n) is 3.47. The van der Waals surface area contributed by atoms with Gasteiger partial charge in [-0.05, 0) is 42.5 Å². The normalized spacial score (nSPS) is 10.9. The second-order valence-corrected chi connectivity index (χ2v) is 7.53. The van der Waals surface area contributed by atoms with Gasteiger partial charge in [0.25, 0.3) is 0 Å². The van der Waals surface area contributed by atoms with Crippen molar-refractivity contribution < 1.29 is 8.92 Å². The molecule has 0 bridgehead atoms. The fourth-order valence-corrected chi connectivity index (χ4v) is 3.96. The van der Waals surface area contributed by atoms with Gasteiger partial charge in [0.15, 0.2) is 0 Å². The predicted molar refractivity (Wildman–Crippen MR) is 112 cm³/mol. The van der Waals surface area contributed by atoms with E-state index in [0.717, 1.165) is 38.6 Å². The van der Waals surface area contributed by atoms with Crippen molar-refractivity contribution in [2.24, 2.45) is 0 Å². The van der Waals surface area contributed by atoms with E-state index in [-0.39, 0.29) is 0 Å². The summed E-state index contributed by atoms with van der Waals surface area (Å²) in [6.45, 7) is 1.35. The van der Waals surface area contributed by atoms with Crippen LogP contribution in [0.1, 0.15) is 6.42 Å². The molecule has 0 fully saturated rings. The molecule has 24 heavy (non-hydrogen) atoms. The Labute approximate surface area is 161 Å². The third-order valence-corrected chi connectivity index (χ3v) is 5.55. The average Bonchev–Trinajstić information content (AvgIpc) is 3.05.